The van der Waals surface area contributed by atoms with Crippen molar-refractivity contribution in [3.63, 3.8) is 0 Å². The summed E-state index contributed by atoms with van der Waals surface area (Å²) in [5.74, 6) is 0. The first-order valence-corrected chi connectivity index (χ1v) is 4.75. The van der Waals surface area contributed by atoms with Crippen LogP contribution in [0, 0.1) is 0 Å². The number of rotatable bonds is 1. The minimum absolute atomic E-state index is 0.741. The molecule has 0 aliphatic heterocycles. The van der Waals surface area contributed by atoms with Crippen LogP contribution in [0.1, 0.15) is 0 Å². The lowest BCUT2D eigenvalue weighted by Gasteiger charge is -2.02. The van der Waals surface area contributed by atoms with E-state index in [1.165, 1.54) is 0 Å². The van der Waals surface area contributed by atoms with E-state index in [-0.39, 0.29) is 0 Å². The Morgan fingerprint density at radius 3 is 2.14 bits per heavy atom. The van der Waals surface area contributed by atoms with E-state index in [0.717, 1.165) is 21.8 Å². The Labute approximate surface area is 88.1 Å². The molecule has 0 fully saturated rings. The molecule has 14 heavy (non-hydrogen) atoms. The second-order valence-electron chi connectivity index (χ2n) is 3.14. The molecule has 0 bridgehead atoms. The molecular weight excluding hydrogens is 194 g/mol. The van der Waals surface area contributed by atoms with Crippen molar-refractivity contribution in [3.8, 4) is 11.1 Å². The van der Waals surface area contributed by atoms with E-state index in [1.807, 2.05) is 48.5 Å². The maximum Gasteiger partial charge on any atom is 0.0412 e. The predicted molar refractivity (Wildman–Crippen MR) is 61.3 cm³/mol. The Hall–Kier alpha value is -1.47. The number of anilines is 1. The molecule has 0 saturated carbocycles. The topological polar surface area (TPSA) is 26.0 Å². The molecule has 1 nitrogen and oxygen atoms in total. The predicted octanol–water partition coefficient (Wildman–Crippen LogP) is 3.59. The maximum atomic E-state index is 5.90. The van der Waals surface area contributed by atoms with Crippen LogP contribution < -0.4 is 5.73 Å². The highest BCUT2D eigenvalue weighted by atomic mass is 35.5. The second-order valence-corrected chi connectivity index (χ2v) is 3.57. The van der Waals surface area contributed by atoms with Crippen molar-refractivity contribution >= 4 is 17.3 Å². The third-order valence-corrected chi connectivity index (χ3v) is 2.28. The number of hydrogen-bond acceptors (Lipinski definition) is 1. The fraction of sp³-hybridized carbons (Fsp3) is 0. The van der Waals surface area contributed by atoms with Crippen molar-refractivity contribution in [1.29, 1.82) is 0 Å². The van der Waals surface area contributed by atoms with E-state index in [1.54, 1.807) is 0 Å². The average Bonchev–Trinajstić information content (AvgIpc) is 2.18. The Balaban J connectivity index is 2.49. The number of nitrogen functional groups attached to an aromatic ring is 1. The molecule has 0 radical (unpaired) electrons. The highest BCUT2D eigenvalue weighted by Gasteiger charge is 1.97. The lowest BCUT2D eigenvalue weighted by molar-refractivity contribution is 1.61. The van der Waals surface area contributed by atoms with E-state index < -0.39 is 0 Å². The van der Waals surface area contributed by atoms with Gasteiger partial charge in [-0.1, -0.05) is 35.9 Å². The quantitative estimate of drug-likeness (QED) is 0.705. The van der Waals surface area contributed by atoms with Crippen LogP contribution >= 0.6 is 11.6 Å². The molecule has 0 unspecified atom stereocenters. The van der Waals surface area contributed by atoms with E-state index in [4.69, 9.17) is 17.3 Å². The van der Waals surface area contributed by atoms with E-state index >= 15 is 0 Å². The largest absolute Gasteiger partial charge is 0.399 e. The van der Waals surface area contributed by atoms with Gasteiger partial charge >= 0.3 is 0 Å². The fourth-order valence-corrected chi connectivity index (χ4v) is 1.58. The van der Waals surface area contributed by atoms with Gasteiger partial charge in [0.1, 0.15) is 0 Å². The summed E-state index contributed by atoms with van der Waals surface area (Å²) >= 11 is 5.90. The van der Waals surface area contributed by atoms with Crippen molar-refractivity contribution in [2.75, 3.05) is 5.73 Å². The van der Waals surface area contributed by atoms with Crippen molar-refractivity contribution in [2.45, 2.75) is 0 Å². The lowest BCUT2D eigenvalue weighted by Crippen LogP contribution is -1.84. The molecule has 0 amide bonds. The Bertz CT molecular complexity index is 408. The average molecular weight is 204 g/mol. The summed E-state index contributed by atoms with van der Waals surface area (Å²) in [5.41, 5.74) is 8.65. The van der Waals surface area contributed by atoms with Gasteiger partial charge in [0.15, 0.2) is 0 Å². The summed E-state index contributed by atoms with van der Waals surface area (Å²) in [4.78, 5) is 0. The van der Waals surface area contributed by atoms with E-state index in [0.29, 0.717) is 0 Å². The molecule has 2 aromatic rings. The standard InChI is InChI=1S/C12H10ClN/c13-11-5-1-3-9(7-11)10-4-2-6-12(14)8-10/h1-8H,14H2. The number of hydrogen-bond donors (Lipinski definition) is 1. The zero-order chi connectivity index (χ0) is 9.97. The summed E-state index contributed by atoms with van der Waals surface area (Å²) in [7, 11) is 0. The molecule has 0 aliphatic carbocycles. The molecule has 2 heteroatoms. The minimum atomic E-state index is 0.741. The van der Waals surface area contributed by atoms with Gasteiger partial charge in [0.05, 0.1) is 0 Å². The van der Waals surface area contributed by atoms with Crippen molar-refractivity contribution in [1.82, 2.24) is 0 Å². The first-order valence-electron chi connectivity index (χ1n) is 4.37. The van der Waals surface area contributed by atoms with Gasteiger partial charge in [-0.05, 0) is 35.4 Å². The highest BCUT2D eigenvalue weighted by molar-refractivity contribution is 6.30. The molecular formula is C12H10ClN. The van der Waals surface area contributed by atoms with Gasteiger partial charge in [0, 0.05) is 10.7 Å². The van der Waals surface area contributed by atoms with Gasteiger partial charge in [-0.25, -0.2) is 0 Å². The first kappa shape index (κ1) is 9.10. The molecule has 0 aromatic heterocycles. The smallest absolute Gasteiger partial charge is 0.0412 e. The van der Waals surface area contributed by atoms with E-state index in [9.17, 15) is 0 Å². The molecule has 2 rings (SSSR count). The van der Waals surface area contributed by atoms with Crippen molar-refractivity contribution in [3.05, 3.63) is 53.6 Å². The van der Waals surface area contributed by atoms with Gasteiger partial charge in [-0.15, -0.1) is 0 Å². The zero-order valence-electron chi connectivity index (χ0n) is 7.57. The van der Waals surface area contributed by atoms with Crippen LogP contribution in [-0.4, -0.2) is 0 Å². The third-order valence-electron chi connectivity index (χ3n) is 2.04. The Kier molecular flexibility index (Phi) is 2.42. The molecule has 2 N–H and O–H groups in total. The maximum absolute atomic E-state index is 5.90. The zero-order valence-corrected chi connectivity index (χ0v) is 8.33. The van der Waals surface area contributed by atoms with Crippen molar-refractivity contribution < 1.29 is 0 Å². The number of nitrogens with two attached hydrogens (primary N) is 1. The minimum Gasteiger partial charge on any atom is -0.399 e. The monoisotopic (exact) mass is 203 g/mol. The van der Waals surface area contributed by atoms with Crippen LogP contribution in [0.3, 0.4) is 0 Å². The molecule has 2 aromatic carbocycles. The van der Waals surface area contributed by atoms with Crippen LogP contribution in [0.15, 0.2) is 48.5 Å². The lowest BCUT2D eigenvalue weighted by atomic mass is 10.1. The number of benzene rings is 2. The Morgan fingerprint density at radius 2 is 1.50 bits per heavy atom. The second kappa shape index (κ2) is 3.72. The first-order chi connectivity index (χ1) is 6.75. The summed E-state index contributed by atoms with van der Waals surface area (Å²) in [6.07, 6.45) is 0. The summed E-state index contributed by atoms with van der Waals surface area (Å²) in [6.45, 7) is 0. The van der Waals surface area contributed by atoms with Gasteiger partial charge < -0.3 is 5.73 Å². The van der Waals surface area contributed by atoms with Crippen LogP contribution in [0.4, 0.5) is 5.69 Å². The van der Waals surface area contributed by atoms with Gasteiger partial charge in [0.2, 0.25) is 0 Å². The van der Waals surface area contributed by atoms with Crippen LogP contribution in [0.25, 0.3) is 11.1 Å². The van der Waals surface area contributed by atoms with Crippen LogP contribution in [0.2, 0.25) is 5.02 Å². The molecule has 0 spiro atoms. The van der Waals surface area contributed by atoms with Gasteiger partial charge in [-0.3, -0.25) is 0 Å². The molecule has 0 atom stereocenters. The van der Waals surface area contributed by atoms with E-state index in [2.05, 4.69) is 0 Å². The summed E-state index contributed by atoms with van der Waals surface area (Å²) in [5, 5.41) is 0.741. The normalized spacial score (nSPS) is 10.1. The summed E-state index contributed by atoms with van der Waals surface area (Å²) < 4.78 is 0. The highest BCUT2D eigenvalue weighted by Crippen LogP contribution is 2.23. The molecule has 0 saturated heterocycles. The SMILES string of the molecule is Nc1cccc(-c2cccc(Cl)c2)c1. The molecule has 0 aliphatic rings. The van der Waals surface area contributed by atoms with Crippen LogP contribution in [-0.2, 0) is 0 Å². The Morgan fingerprint density at radius 1 is 0.857 bits per heavy atom. The van der Waals surface area contributed by atoms with Gasteiger partial charge in [-0.2, -0.15) is 0 Å². The fourth-order valence-electron chi connectivity index (χ4n) is 1.39. The van der Waals surface area contributed by atoms with Crippen LogP contribution in [0.5, 0.6) is 0 Å². The molecule has 0 heterocycles. The summed E-state index contributed by atoms with van der Waals surface area (Å²) in [6, 6.07) is 15.5. The van der Waals surface area contributed by atoms with Crippen molar-refractivity contribution in [2.24, 2.45) is 0 Å². The molecule has 70 valence electrons. The third kappa shape index (κ3) is 1.88. The number of halogens is 1. The van der Waals surface area contributed by atoms with Gasteiger partial charge in [0.25, 0.3) is 0 Å².